The third kappa shape index (κ3) is 2.41. The molecule has 1 atom stereocenters. The molecule has 0 spiro atoms. The summed E-state index contributed by atoms with van der Waals surface area (Å²) in [5.74, 6) is -0.577. The van der Waals surface area contributed by atoms with Gasteiger partial charge in [-0.25, -0.2) is 0 Å². The number of carbonyl (C=O) groups excluding carboxylic acids is 1. The van der Waals surface area contributed by atoms with Crippen LogP contribution in [0.25, 0.3) is 0 Å². The van der Waals surface area contributed by atoms with Crippen molar-refractivity contribution in [1.82, 2.24) is 9.80 Å². The minimum atomic E-state index is -0.261. The first-order valence-corrected chi connectivity index (χ1v) is 6.00. The molecule has 1 aromatic carbocycles. The molecular weight excluding hydrogens is 232 g/mol. The minimum absolute atomic E-state index is 0.106. The van der Waals surface area contributed by atoms with Gasteiger partial charge in [0.25, 0.3) is 5.91 Å². The van der Waals surface area contributed by atoms with Crippen LogP contribution >= 0.6 is 0 Å². The third-order valence-corrected chi connectivity index (χ3v) is 3.31. The van der Waals surface area contributed by atoms with Crippen LogP contribution in [-0.4, -0.2) is 58.6 Å². The Morgan fingerprint density at radius 1 is 1.28 bits per heavy atom. The second-order valence-electron chi connectivity index (χ2n) is 4.81. The van der Waals surface area contributed by atoms with E-state index in [1.807, 2.05) is 14.0 Å². The lowest BCUT2D eigenvalue weighted by atomic mass is 10.1. The third-order valence-electron chi connectivity index (χ3n) is 3.31. The quantitative estimate of drug-likeness (QED) is 0.726. The van der Waals surface area contributed by atoms with Gasteiger partial charge in [0, 0.05) is 31.2 Å². The molecule has 1 heterocycles. The Labute approximate surface area is 106 Å². The summed E-state index contributed by atoms with van der Waals surface area (Å²) in [6, 6.07) is 4.32. The van der Waals surface area contributed by atoms with Crippen LogP contribution in [0.5, 0.6) is 11.5 Å². The lowest BCUT2D eigenvalue weighted by molar-refractivity contribution is 0.0533. The van der Waals surface area contributed by atoms with Crippen molar-refractivity contribution in [2.75, 3.05) is 26.7 Å². The van der Waals surface area contributed by atoms with Crippen molar-refractivity contribution in [1.29, 1.82) is 0 Å². The highest BCUT2D eigenvalue weighted by Gasteiger charge is 2.26. The van der Waals surface area contributed by atoms with Crippen LogP contribution in [0.2, 0.25) is 0 Å². The molecule has 0 saturated carbocycles. The van der Waals surface area contributed by atoms with Gasteiger partial charge in [0.2, 0.25) is 0 Å². The average molecular weight is 250 g/mol. The predicted molar refractivity (Wildman–Crippen MR) is 67.8 cm³/mol. The van der Waals surface area contributed by atoms with Crippen molar-refractivity contribution in [3.8, 4) is 11.5 Å². The maximum absolute atomic E-state index is 12.3. The average Bonchev–Trinajstić information content (AvgIpc) is 2.32. The van der Waals surface area contributed by atoms with Gasteiger partial charge in [-0.05, 0) is 32.2 Å². The van der Waals surface area contributed by atoms with Crippen molar-refractivity contribution in [3.05, 3.63) is 23.8 Å². The number of benzene rings is 1. The number of carbonyl (C=O) groups is 1. The molecule has 2 rings (SSSR count). The van der Waals surface area contributed by atoms with E-state index >= 15 is 0 Å². The van der Waals surface area contributed by atoms with Crippen molar-refractivity contribution in [2.45, 2.75) is 13.0 Å². The topological polar surface area (TPSA) is 64.0 Å². The maximum atomic E-state index is 12.3. The fourth-order valence-corrected chi connectivity index (χ4v) is 2.26. The van der Waals surface area contributed by atoms with Crippen LogP contribution in [0.3, 0.4) is 0 Å². The van der Waals surface area contributed by atoms with E-state index in [2.05, 4.69) is 4.90 Å². The van der Waals surface area contributed by atoms with E-state index in [-0.39, 0.29) is 23.4 Å². The van der Waals surface area contributed by atoms with Gasteiger partial charge in [-0.15, -0.1) is 0 Å². The summed E-state index contributed by atoms with van der Waals surface area (Å²) in [6.07, 6.45) is 0. The number of hydrogen-bond acceptors (Lipinski definition) is 4. The zero-order chi connectivity index (χ0) is 13.3. The Kier molecular flexibility index (Phi) is 3.43. The van der Waals surface area contributed by atoms with Gasteiger partial charge in [-0.2, -0.15) is 0 Å². The second-order valence-corrected chi connectivity index (χ2v) is 4.81. The molecular formula is C13H18N2O3. The molecule has 5 nitrogen and oxygen atoms in total. The van der Waals surface area contributed by atoms with E-state index in [1.165, 1.54) is 18.2 Å². The van der Waals surface area contributed by atoms with Crippen LogP contribution in [0.1, 0.15) is 17.3 Å². The Bertz CT molecular complexity index is 462. The molecule has 1 fully saturated rings. The first-order chi connectivity index (χ1) is 8.49. The molecule has 0 aromatic heterocycles. The number of phenolic OH excluding ortho intramolecular Hbond substituents is 2. The largest absolute Gasteiger partial charge is 0.504 e. The first-order valence-electron chi connectivity index (χ1n) is 6.00. The zero-order valence-corrected chi connectivity index (χ0v) is 10.6. The summed E-state index contributed by atoms with van der Waals surface area (Å²) in [6.45, 7) is 4.38. The SMILES string of the molecule is CC1CN(C)CCN1C(=O)c1ccc(O)c(O)c1. The van der Waals surface area contributed by atoms with Crippen molar-refractivity contribution < 1.29 is 15.0 Å². The van der Waals surface area contributed by atoms with Crippen LogP contribution in [0.4, 0.5) is 0 Å². The summed E-state index contributed by atoms with van der Waals surface area (Å²) in [5.41, 5.74) is 0.404. The number of amides is 1. The smallest absolute Gasteiger partial charge is 0.254 e. The number of hydrogen-bond donors (Lipinski definition) is 2. The number of phenols is 2. The van der Waals surface area contributed by atoms with Crippen molar-refractivity contribution in [3.63, 3.8) is 0 Å². The maximum Gasteiger partial charge on any atom is 0.254 e. The van der Waals surface area contributed by atoms with E-state index in [9.17, 15) is 15.0 Å². The highest BCUT2D eigenvalue weighted by atomic mass is 16.3. The van der Waals surface area contributed by atoms with Crippen LogP contribution in [-0.2, 0) is 0 Å². The fourth-order valence-electron chi connectivity index (χ4n) is 2.26. The Hall–Kier alpha value is -1.75. The number of piperazine rings is 1. The molecule has 1 amide bonds. The van der Waals surface area contributed by atoms with Gasteiger partial charge in [0.15, 0.2) is 11.5 Å². The summed E-state index contributed by atoms with van der Waals surface area (Å²) in [5, 5.41) is 18.7. The van der Waals surface area contributed by atoms with Gasteiger partial charge in [-0.3, -0.25) is 4.79 Å². The zero-order valence-electron chi connectivity index (χ0n) is 10.6. The molecule has 1 aliphatic heterocycles. The normalized spacial score (nSPS) is 21.0. The molecule has 2 N–H and O–H groups in total. The number of aromatic hydroxyl groups is 2. The second kappa shape index (κ2) is 4.86. The monoisotopic (exact) mass is 250 g/mol. The van der Waals surface area contributed by atoms with Gasteiger partial charge in [0.05, 0.1) is 0 Å². The molecule has 1 aliphatic rings. The van der Waals surface area contributed by atoms with E-state index in [0.717, 1.165) is 13.1 Å². The molecule has 1 saturated heterocycles. The molecule has 5 heteroatoms. The molecule has 1 aromatic rings. The van der Waals surface area contributed by atoms with Gasteiger partial charge in [-0.1, -0.05) is 0 Å². The first kappa shape index (κ1) is 12.7. The molecule has 0 bridgehead atoms. The molecule has 0 radical (unpaired) electrons. The minimum Gasteiger partial charge on any atom is -0.504 e. The highest BCUT2D eigenvalue weighted by molar-refractivity contribution is 5.95. The van der Waals surface area contributed by atoms with Gasteiger partial charge in [0.1, 0.15) is 0 Å². The number of rotatable bonds is 1. The lowest BCUT2D eigenvalue weighted by Gasteiger charge is -2.38. The van der Waals surface area contributed by atoms with E-state index < -0.39 is 0 Å². The number of likely N-dealkylation sites (N-methyl/N-ethyl adjacent to an activating group) is 1. The van der Waals surface area contributed by atoms with Crippen LogP contribution < -0.4 is 0 Å². The summed E-state index contributed by atoms with van der Waals surface area (Å²) >= 11 is 0. The Balaban J connectivity index is 2.18. The van der Waals surface area contributed by atoms with E-state index in [0.29, 0.717) is 12.1 Å². The van der Waals surface area contributed by atoms with Gasteiger partial charge < -0.3 is 20.0 Å². The fraction of sp³-hybridized carbons (Fsp3) is 0.462. The van der Waals surface area contributed by atoms with Crippen LogP contribution in [0, 0.1) is 0 Å². The van der Waals surface area contributed by atoms with Crippen molar-refractivity contribution >= 4 is 5.91 Å². The standard InChI is InChI=1S/C13H18N2O3/c1-9-8-14(2)5-6-15(9)13(18)10-3-4-11(16)12(17)7-10/h3-4,7,9,16-17H,5-6,8H2,1-2H3. The summed E-state index contributed by atoms with van der Waals surface area (Å²) < 4.78 is 0. The van der Waals surface area contributed by atoms with Crippen LogP contribution in [0.15, 0.2) is 18.2 Å². The predicted octanol–water partition coefficient (Wildman–Crippen LogP) is 0.874. The summed E-state index contributed by atoms with van der Waals surface area (Å²) in [4.78, 5) is 16.3. The Morgan fingerprint density at radius 2 is 2.00 bits per heavy atom. The molecule has 0 aliphatic carbocycles. The summed E-state index contributed by atoms with van der Waals surface area (Å²) in [7, 11) is 2.03. The highest BCUT2D eigenvalue weighted by Crippen LogP contribution is 2.26. The van der Waals surface area contributed by atoms with Crippen molar-refractivity contribution in [2.24, 2.45) is 0 Å². The lowest BCUT2D eigenvalue weighted by Crippen LogP contribution is -2.52. The number of nitrogens with zero attached hydrogens (tertiary/aromatic N) is 2. The van der Waals surface area contributed by atoms with E-state index in [4.69, 9.17) is 0 Å². The van der Waals surface area contributed by atoms with E-state index in [1.54, 1.807) is 4.90 Å². The molecule has 18 heavy (non-hydrogen) atoms. The van der Waals surface area contributed by atoms with Gasteiger partial charge >= 0.3 is 0 Å². The molecule has 98 valence electrons. The molecule has 1 unspecified atom stereocenters. The Morgan fingerprint density at radius 3 is 2.61 bits per heavy atom.